The molecular formula is C16H15N3O. The summed E-state index contributed by atoms with van der Waals surface area (Å²) in [5.74, 6) is -0.148. The van der Waals surface area contributed by atoms with Crippen LogP contribution in [0.5, 0.6) is 0 Å². The number of fused-ring (bicyclic) bond motifs is 1. The predicted octanol–water partition coefficient (Wildman–Crippen LogP) is 3.05. The maximum atomic E-state index is 12.6. The van der Waals surface area contributed by atoms with Crippen LogP contribution in [0.15, 0.2) is 36.4 Å². The summed E-state index contributed by atoms with van der Waals surface area (Å²) >= 11 is 0. The molecule has 0 saturated heterocycles. The molecule has 100 valence electrons. The van der Waals surface area contributed by atoms with E-state index in [1.165, 1.54) is 10.2 Å². The number of aromatic nitrogens is 3. The van der Waals surface area contributed by atoms with Gasteiger partial charge in [-0.25, -0.2) is 0 Å². The zero-order valence-electron chi connectivity index (χ0n) is 11.7. The van der Waals surface area contributed by atoms with E-state index in [4.69, 9.17) is 0 Å². The first kappa shape index (κ1) is 12.5. The minimum absolute atomic E-state index is 0.148. The van der Waals surface area contributed by atoms with Gasteiger partial charge in [0.1, 0.15) is 5.52 Å². The van der Waals surface area contributed by atoms with Crippen molar-refractivity contribution >= 4 is 16.9 Å². The molecule has 0 N–H and O–H groups in total. The normalized spacial score (nSPS) is 10.9. The van der Waals surface area contributed by atoms with Gasteiger partial charge in [0.2, 0.25) is 0 Å². The summed E-state index contributed by atoms with van der Waals surface area (Å²) in [5, 5.41) is 7.99. The standard InChI is InChI=1S/C16H15N3O/c1-10-8-13(9-11(2)12(10)3)16(20)19-15-7-5-4-6-14(15)17-18-19/h4-9H,1-3H3. The van der Waals surface area contributed by atoms with E-state index in [0.717, 1.165) is 22.2 Å². The molecule has 3 aromatic rings. The highest BCUT2D eigenvalue weighted by Gasteiger charge is 2.15. The fourth-order valence-corrected chi connectivity index (χ4v) is 2.30. The topological polar surface area (TPSA) is 47.8 Å². The number of rotatable bonds is 1. The van der Waals surface area contributed by atoms with Gasteiger partial charge in [-0.15, -0.1) is 5.10 Å². The van der Waals surface area contributed by atoms with Crippen molar-refractivity contribution in [3.05, 3.63) is 58.7 Å². The molecule has 3 rings (SSSR count). The zero-order chi connectivity index (χ0) is 14.3. The third kappa shape index (κ3) is 1.90. The summed E-state index contributed by atoms with van der Waals surface area (Å²) in [4.78, 5) is 12.6. The van der Waals surface area contributed by atoms with E-state index < -0.39 is 0 Å². The van der Waals surface area contributed by atoms with E-state index in [9.17, 15) is 4.79 Å². The molecule has 1 aromatic heterocycles. The lowest BCUT2D eigenvalue weighted by molar-refractivity contribution is 0.0948. The molecule has 0 aliphatic carbocycles. The van der Waals surface area contributed by atoms with Crippen molar-refractivity contribution in [2.45, 2.75) is 20.8 Å². The molecule has 20 heavy (non-hydrogen) atoms. The molecule has 0 aliphatic heterocycles. The Morgan fingerprint density at radius 3 is 2.40 bits per heavy atom. The Balaban J connectivity index is 2.13. The van der Waals surface area contributed by atoms with Gasteiger partial charge in [-0.05, 0) is 61.7 Å². The molecule has 0 aliphatic rings. The molecule has 0 unspecified atom stereocenters. The lowest BCUT2D eigenvalue weighted by Crippen LogP contribution is -2.14. The Kier molecular flexibility index (Phi) is 2.86. The second-order valence-corrected chi connectivity index (χ2v) is 5.03. The number of nitrogens with zero attached hydrogens (tertiary/aromatic N) is 3. The van der Waals surface area contributed by atoms with Crippen molar-refractivity contribution in [3.63, 3.8) is 0 Å². The van der Waals surface area contributed by atoms with E-state index in [-0.39, 0.29) is 5.91 Å². The number of aryl methyl sites for hydroxylation is 2. The van der Waals surface area contributed by atoms with E-state index in [2.05, 4.69) is 17.2 Å². The third-order valence-electron chi connectivity index (χ3n) is 3.72. The average molecular weight is 265 g/mol. The van der Waals surface area contributed by atoms with E-state index >= 15 is 0 Å². The number of carbonyl (C=O) groups is 1. The van der Waals surface area contributed by atoms with E-state index in [1.807, 2.05) is 50.2 Å². The molecule has 2 aromatic carbocycles. The Morgan fingerprint density at radius 1 is 1.05 bits per heavy atom. The maximum absolute atomic E-state index is 12.6. The zero-order valence-corrected chi connectivity index (χ0v) is 11.7. The molecule has 0 saturated carbocycles. The van der Waals surface area contributed by atoms with Crippen molar-refractivity contribution in [2.75, 3.05) is 0 Å². The van der Waals surface area contributed by atoms with Crippen LogP contribution in [0, 0.1) is 20.8 Å². The van der Waals surface area contributed by atoms with Crippen molar-refractivity contribution in [3.8, 4) is 0 Å². The predicted molar refractivity (Wildman–Crippen MR) is 77.9 cm³/mol. The number of carbonyl (C=O) groups excluding carboxylic acids is 1. The van der Waals surface area contributed by atoms with Crippen molar-refractivity contribution in [1.82, 2.24) is 15.0 Å². The van der Waals surface area contributed by atoms with Crippen molar-refractivity contribution < 1.29 is 4.79 Å². The van der Waals surface area contributed by atoms with Crippen LogP contribution in [0.25, 0.3) is 11.0 Å². The first-order valence-electron chi connectivity index (χ1n) is 6.51. The number of hydrogen-bond donors (Lipinski definition) is 0. The minimum atomic E-state index is -0.148. The van der Waals surface area contributed by atoms with Gasteiger partial charge in [-0.1, -0.05) is 17.3 Å². The van der Waals surface area contributed by atoms with Crippen LogP contribution in [0.2, 0.25) is 0 Å². The van der Waals surface area contributed by atoms with Crippen LogP contribution in [-0.2, 0) is 0 Å². The van der Waals surface area contributed by atoms with Gasteiger partial charge in [0.15, 0.2) is 0 Å². The SMILES string of the molecule is Cc1cc(C(=O)n2nnc3ccccc32)cc(C)c1C. The monoisotopic (exact) mass is 265 g/mol. The highest BCUT2D eigenvalue weighted by atomic mass is 16.2. The number of para-hydroxylation sites is 1. The third-order valence-corrected chi connectivity index (χ3v) is 3.72. The smallest absolute Gasteiger partial charge is 0.267 e. The fourth-order valence-electron chi connectivity index (χ4n) is 2.30. The van der Waals surface area contributed by atoms with Crippen LogP contribution in [0.4, 0.5) is 0 Å². The molecule has 4 heteroatoms. The van der Waals surface area contributed by atoms with Gasteiger partial charge in [-0.2, -0.15) is 4.68 Å². The summed E-state index contributed by atoms with van der Waals surface area (Å²) in [5.41, 5.74) is 5.52. The largest absolute Gasteiger partial charge is 0.280 e. The molecule has 0 fully saturated rings. The molecule has 1 heterocycles. The molecule has 0 amide bonds. The summed E-state index contributed by atoms with van der Waals surface area (Å²) in [6.07, 6.45) is 0. The average Bonchev–Trinajstić information content (AvgIpc) is 2.87. The molecule has 0 radical (unpaired) electrons. The Morgan fingerprint density at radius 2 is 1.70 bits per heavy atom. The van der Waals surface area contributed by atoms with Gasteiger partial charge >= 0.3 is 0 Å². The van der Waals surface area contributed by atoms with Gasteiger partial charge in [0.05, 0.1) is 5.52 Å². The minimum Gasteiger partial charge on any atom is -0.267 e. The highest BCUT2D eigenvalue weighted by Crippen LogP contribution is 2.18. The Bertz CT molecular complexity index is 794. The van der Waals surface area contributed by atoms with E-state index in [0.29, 0.717) is 5.56 Å². The first-order chi connectivity index (χ1) is 9.58. The Hall–Kier alpha value is -2.49. The second kappa shape index (κ2) is 4.56. The molecule has 0 bridgehead atoms. The fraction of sp³-hybridized carbons (Fsp3) is 0.188. The van der Waals surface area contributed by atoms with Gasteiger partial charge in [-0.3, -0.25) is 4.79 Å². The molecule has 4 nitrogen and oxygen atoms in total. The van der Waals surface area contributed by atoms with Gasteiger partial charge in [0, 0.05) is 5.56 Å². The summed E-state index contributed by atoms with van der Waals surface area (Å²) in [7, 11) is 0. The molecule has 0 spiro atoms. The summed E-state index contributed by atoms with van der Waals surface area (Å²) < 4.78 is 1.36. The lowest BCUT2D eigenvalue weighted by Gasteiger charge is -2.08. The van der Waals surface area contributed by atoms with Gasteiger partial charge in [0.25, 0.3) is 5.91 Å². The number of benzene rings is 2. The second-order valence-electron chi connectivity index (χ2n) is 5.03. The first-order valence-corrected chi connectivity index (χ1v) is 6.51. The van der Waals surface area contributed by atoms with Crippen LogP contribution >= 0.6 is 0 Å². The summed E-state index contributed by atoms with van der Waals surface area (Å²) in [6.45, 7) is 6.08. The lowest BCUT2D eigenvalue weighted by atomic mass is 10.0. The van der Waals surface area contributed by atoms with Crippen molar-refractivity contribution in [1.29, 1.82) is 0 Å². The Labute approximate surface area is 117 Å². The highest BCUT2D eigenvalue weighted by molar-refractivity contribution is 6.00. The van der Waals surface area contributed by atoms with Crippen molar-refractivity contribution in [2.24, 2.45) is 0 Å². The van der Waals surface area contributed by atoms with Crippen LogP contribution in [-0.4, -0.2) is 20.9 Å². The summed E-state index contributed by atoms with van der Waals surface area (Å²) in [6, 6.07) is 11.3. The maximum Gasteiger partial charge on any atom is 0.280 e. The van der Waals surface area contributed by atoms with Gasteiger partial charge < -0.3 is 0 Å². The van der Waals surface area contributed by atoms with E-state index in [1.54, 1.807) is 0 Å². The van der Waals surface area contributed by atoms with Crippen LogP contribution in [0.3, 0.4) is 0 Å². The molecular weight excluding hydrogens is 250 g/mol. The van der Waals surface area contributed by atoms with Crippen LogP contribution < -0.4 is 0 Å². The van der Waals surface area contributed by atoms with Crippen LogP contribution in [0.1, 0.15) is 27.0 Å². The quantitative estimate of drug-likeness (QED) is 0.679. The number of hydrogen-bond acceptors (Lipinski definition) is 3. The molecule has 0 atom stereocenters.